The Kier molecular flexibility index (Phi) is 4.61. The van der Waals surface area contributed by atoms with E-state index in [1.165, 1.54) is 0 Å². The molecule has 6 heteroatoms. The number of alkyl halides is 2. The van der Waals surface area contributed by atoms with E-state index in [-0.39, 0.29) is 18.8 Å². The molecule has 0 atom stereocenters. The fraction of sp³-hybridized carbons (Fsp3) is 0.833. The Hall–Kier alpha value is -0.620. The Morgan fingerprint density at radius 3 is 2.72 bits per heavy atom. The fourth-order valence-corrected chi connectivity index (χ4v) is 3.20. The third-order valence-electron chi connectivity index (χ3n) is 3.31. The highest BCUT2D eigenvalue weighted by Gasteiger charge is 2.36. The van der Waals surface area contributed by atoms with Gasteiger partial charge in [-0.3, -0.25) is 0 Å². The number of aromatic nitrogens is 2. The van der Waals surface area contributed by atoms with Gasteiger partial charge in [0.1, 0.15) is 10.0 Å². The van der Waals surface area contributed by atoms with Gasteiger partial charge in [-0.2, -0.15) is 0 Å². The van der Waals surface area contributed by atoms with E-state index < -0.39 is 5.92 Å². The number of likely N-dealkylation sites (N-methyl/N-ethyl adjacent to an activating group) is 1. The van der Waals surface area contributed by atoms with Crippen LogP contribution in [-0.2, 0) is 6.42 Å². The van der Waals surface area contributed by atoms with Crippen molar-refractivity contribution in [3.63, 3.8) is 0 Å². The number of hydrogen-bond acceptors (Lipinski definition) is 4. The molecule has 1 saturated carbocycles. The predicted molar refractivity (Wildman–Crippen MR) is 68.3 cm³/mol. The Morgan fingerprint density at radius 1 is 1.33 bits per heavy atom. The van der Waals surface area contributed by atoms with Gasteiger partial charge in [-0.25, -0.2) is 8.78 Å². The summed E-state index contributed by atoms with van der Waals surface area (Å²) in [5.41, 5.74) is 0. The van der Waals surface area contributed by atoms with Crippen LogP contribution in [-0.4, -0.2) is 29.2 Å². The lowest BCUT2D eigenvalue weighted by Crippen LogP contribution is -2.23. The van der Waals surface area contributed by atoms with Crippen LogP contribution in [0.5, 0.6) is 0 Å². The van der Waals surface area contributed by atoms with Gasteiger partial charge in [0.05, 0.1) is 0 Å². The van der Waals surface area contributed by atoms with Gasteiger partial charge in [0.25, 0.3) is 0 Å². The van der Waals surface area contributed by atoms with Gasteiger partial charge in [-0.1, -0.05) is 6.92 Å². The molecule has 18 heavy (non-hydrogen) atoms. The number of nitrogens with one attached hydrogen (secondary N) is 1. The van der Waals surface area contributed by atoms with E-state index in [4.69, 9.17) is 0 Å². The number of halogens is 2. The zero-order valence-electron chi connectivity index (χ0n) is 10.6. The normalized spacial score (nSPS) is 20.2. The van der Waals surface area contributed by atoms with Crippen LogP contribution < -0.4 is 5.32 Å². The topological polar surface area (TPSA) is 37.8 Å². The van der Waals surface area contributed by atoms with Crippen molar-refractivity contribution in [2.75, 3.05) is 13.1 Å². The van der Waals surface area contributed by atoms with E-state index in [0.29, 0.717) is 12.8 Å². The van der Waals surface area contributed by atoms with Gasteiger partial charge < -0.3 is 5.32 Å². The highest BCUT2D eigenvalue weighted by molar-refractivity contribution is 7.11. The Balaban J connectivity index is 1.86. The molecule has 0 bridgehead atoms. The first-order valence-electron chi connectivity index (χ1n) is 6.51. The molecule has 0 aliphatic heterocycles. The summed E-state index contributed by atoms with van der Waals surface area (Å²) in [6.07, 6.45) is 1.92. The number of rotatable bonds is 5. The van der Waals surface area contributed by atoms with Crippen molar-refractivity contribution in [2.45, 2.75) is 50.9 Å². The summed E-state index contributed by atoms with van der Waals surface area (Å²) < 4.78 is 26.1. The maximum atomic E-state index is 13.1. The lowest BCUT2D eigenvalue weighted by atomic mass is 9.87. The van der Waals surface area contributed by atoms with Crippen LogP contribution in [0.25, 0.3) is 0 Å². The molecule has 0 spiro atoms. The lowest BCUT2D eigenvalue weighted by Gasteiger charge is -2.26. The molecule has 0 aromatic carbocycles. The molecule has 2 rings (SSSR count). The largest absolute Gasteiger partial charge is 0.317 e. The van der Waals surface area contributed by atoms with Crippen LogP contribution in [0.3, 0.4) is 0 Å². The quantitative estimate of drug-likeness (QED) is 0.839. The molecule has 1 aromatic rings. The van der Waals surface area contributed by atoms with E-state index in [1.807, 2.05) is 0 Å². The number of nitrogens with zero attached hydrogens (tertiary/aromatic N) is 2. The molecular weight excluding hydrogens is 256 g/mol. The number of hydrogen-bond donors (Lipinski definition) is 1. The van der Waals surface area contributed by atoms with Crippen LogP contribution in [0.2, 0.25) is 0 Å². The third-order valence-corrected chi connectivity index (χ3v) is 4.46. The monoisotopic (exact) mass is 275 g/mol. The van der Waals surface area contributed by atoms with Crippen LogP contribution in [0.15, 0.2) is 0 Å². The molecule has 0 amide bonds. The molecule has 1 N–H and O–H groups in total. The van der Waals surface area contributed by atoms with Crippen LogP contribution in [0, 0.1) is 0 Å². The molecule has 102 valence electrons. The maximum absolute atomic E-state index is 13.1. The van der Waals surface area contributed by atoms with E-state index in [1.54, 1.807) is 11.3 Å². The average Bonchev–Trinajstić information content (AvgIpc) is 2.78. The second-order valence-electron chi connectivity index (χ2n) is 4.77. The van der Waals surface area contributed by atoms with Crippen molar-refractivity contribution in [3.05, 3.63) is 10.0 Å². The van der Waals surface area contributed by atoms with Crippen molar-refractivity contribution in [1.82, 2.24) is 15.5 Å². The highest BCUT2D eigenvalue weighted by Crippen LogP contribution is 2.41. The summed E-state index contributed by atoms with van der Waals surface area (Å²) >= 11 is 1.58. The van der Waals surface area contributed by atoms with Gasteiger partial charge in [-0.05, 0) is 19.4 Å². The predicted octanol–water partition coefficient (Wildman–Crippen LogP) is 2.98. The molecule has 0 radical (unpaired) electrons. The van der Waals surface area contributed by atoms with Crippen LogP contribution in [0.1, 0.15) is 48.5 Å². The Morgan fingerprint density at radius 2 is 2.06 bits per heavy atom. The second-order valence-corrected chi connectivity index (χ2v) is 5.86. The van der Waals surface area contributed by atoms with E-state index in [9.17, 15) is 8.78 Å². The van der Waals surface area contributed by atoms with Gasteiger partial charge in [0.15, 0.2) is 0 Å². The van der Waals surface area contributed by atoms with Crippen molar-refractivity contribution in [2.24, 2.45) is 0 Å². The van der Waals surface area contributed by atoms with Gasteiger partial charge in [0, 0.05) is 31.7 Å². The summed E-state index contributed by atoms with van der Waals surface area (Å²) in [4.78, 5) is 0. The molecular formula is C12H19F2N3S. The molecule has 1 aliphatic rings. The van der Waals surface area contributed by atoms with Gasteiger partial charge in [0.2, 0.25) is 5.92 Å². The average molecular weight is 275 g/mol. The first-order valence-corrected chi connectivity index (χ1v) is 7.33. The standard InChI is InChI=1S/C12H19F2N3S/c1-2-15-8-5-10-16-17-11(18-10)9-3-6-12(13,14)7-4-9/h9,15H,2-8H2,1H3. The minimum absolute atomic E-state index is 0.00995. The van der Waals surface area contributed by atoms with Crippen molar-refractivity contribution in [1.29, 1.82) is 0 Å². The Bertz CT molecular complexity index is 371. The Labute approximate surface area is 110 Å². The lowest BCUT2D eigenvalue weighted by molar-refractivity contribution is -0.0382. The summed E-state index contributed by atoms with van der Waals surface area (Å²) in [5.74, 6) is -2.27. The third kappa shape index (κ3) is 3.68. The summed E-state index contributed by atoms with van der Waals surface area (Å²) in [5, 5.41) is 13.5. The minimum atomic E-state index is -2.46. The van der Waals surface area contributed by atoms with E-state index in [0.717, 1.165) is 29.5 Å². The smallest absolute Gasteiger partial charge is 0.248 e. The molecule has 1 aliphatic carbocycles. The van der Waals surface area contributed by atoms with Crippen LogP contribution >= 0.6 is 11.3 Å². The zero-order chi connectivity index (χ0) is 13.0. The summed E-state index contributed by atoms with van der Waals surface area (Å²) in [6.45, 7) is 3.91. The summed E-state index contributed by atoms with van der Waals surface area (Å²) in [6, 6.07) is 0. The molecule has 3 nitrogen and oxygen atoms in total. The zero-order valence-corrected chi connectivity index (χ0v) is 11.4. The maximum Gasteiger partial charge on any atom is 0.248 e. The first-order chi connectivity index (χ1) is 8.61. The molecule has 1 aromatic heterocycles. The molecule has 0 saturated heterocycles. The van der Waals surface area contributed by atoms with Crippen molar-refractivity contribution < 1.29 is 8.78 Å². The van der Waals surface area contributed by atoms with Crippen molar-refractivity contribution in [3.8, 4) is 0 Å². The first kappa shape index (κ1) is 13.8. The van der Waals surface area contributed by atoms with Gasteiger partial charge >= 0.3 is 0 Å². The highest BCUT2D eigenvalue weighted by atomic mass is 32.1. The fourth-order valence-electron chi connectivity index (χ4n) is 2.19. The summed E-state index contributed by atoms with van der Waals surface area (Å²) in [7, 11) is 0. The second kappa shape index (κ2) is 6.02. The SMILES string of the molecule is CCNCCc1nnc(C2CCC(F)(F)CC2)s1. The van der Waals surface area contributed by atoms with E-state index >= 15 is 0 Å². The van der Waals surface area contributed by atoms with E-state index in [2.05, 4.69) is 22.4 Å². The molecule has 1 heterocycles. The van der Waals surface area contributed by atoms with Crippen LogP contribution in [0.4, 0.5) is 8.78 Å². The minimum Gasteiger partial charge on any atom is -0.317 e. The molecule has 1 fully saturated rings. The molecule has 0 unspecified atom stereocenters. The van der Waals surface area contributed by atoms with Gasteiger partial charge in [-0.15, -0.1) is 21.5 Å². The van der Waals surface area contributed by atoms with Crippen molar-refractivity contribution >= 4 is 11.3 Å².